The Morgan fingerprint density at radius 3 is 2.90 bits per heavy atom. The summed E-state index contributed by atoms with van der Waals surface area (Å²) in [6.07, 6.45) is 3.49. The van der Waals surface area contributed by atoms with Crippen LogP contribution in [-0.4, -0.2) is 21.8 Å². The minimum absolute atomic E-state index is 0.0235. The van der Waals surface area contributed by atoms with E-state index in [0.717, 1.165) is 18.4 Å². The predicted octanol–water partition coefficient (Wildman–Crippen LogP) is 2.61. The molecule has 7 heteroatoms. The van der Waals surface area contributed by atoms with E-state index in [-0.39, 0.29) is 11.8 Å². The molecule has 0 aliphatic carbocycles. The molecule has 6 nitrogen and oxygen atoms in total. The number of thiazole rings is 1. The molecule has 0 bridgehead atoms. The highest BCUT2D eigenvalue weighted by Crippen LogP contribution is 2.26. The van der Waals surface area contributed by atoms with Gasteiger partial charge in [0.15, 0.2) is 5.13 Å². The minimum Gasteiger partial charge on any atom is -0.364 e. The van der Waals surface area contributed by atoms with Crippen molar-refractivity contribution in [3.8, 4) is 11.3 Å². The van der Waals surface area contributed by atoms with Crippen LogP contribution in [0, 0.1) is 5.92 Å². The summed E-state index contributed by atoms with van der Waals surface area (Å²) in [6.45, 7) is 3.95. The third-order valence-corrected chi connectivity index (χ3v) is 3.91. The molecule has 0 aromatic carbocycles. The van der Waals surface area contributed by atoms with Crippen molar-refractivity contribution in [2.24, 2.45) is 11.7 Å². The van der Waals surface area contributed by atoms with Gasteiger partial charge in [-0.05, 0) is 12.5 Å². The van der Waals surface area contributed by atoms with Crippen LogP contribution in [0.2, 0.25) is 0 Å². The number of carbonyl (C=O) groups is 2. The van der Waals surface area contributed by atoms with Crippen LogP contribution in [0.1, 0.15) is 37.2 Å². The molecule has 0 saturated carbocycles. The first-order valence-corrected chi connectivity index (χ1v) is 7.64. The van der Waals surface area contributed by atoms with Gasteiger partial charge in [-0.3, -0.25) is 9.59 Å². The molecule has 2 amide bonds. The molecule has 112 valence electrons. The van der Waals surface area contributed by atoms with E-state index >= 15 is 0 Å². The number of carbonyl (C=O) groups excluding carboxylic acids is 2. The molecule has 0 spiro atoms. The summed E-state index contributed by atoms with van der Waals surface area (Å²) in [4.78, 5) is 30.1. The molecule has 0 aliphatic rings. The van der Waals surface area contributed by atoms with Crippen LogP contribution in [-0.2, 0) is 4.79 Å². The fraction of sp³-hybridized carbons (Fsp3) is 0.357. The third kappa shape index (κ3) is 3.69. The normalized spacial score (nSPS) is 12.1. The van der Waals surface area contributed by atoms with Crippen LogP contribution < -0.4 is 11.1 Å². The number of nitrogens with two attached hydrogens (primary N) is 1. The Morgan fingerprint density at radius 2 is 2.29 bits per heavy atom. The van der Waals surface area contributed by atoms with Crippen molar-refractivity contribution in [2.75, 3.05) is 5.32 Å². The quantitative estimate of drug-likeness (QED) is 0.764. The van der Waals surface area contributed by atoms with E-state index in [1.54, 1.807) is 12.3 Å². The van der Waals surface area contributed by atoms with Crippen molar-refractivity contribution in [3.05, 3.63) is 23.3 Å². The summed E-state index contributed by atoms with van der Waals surface area (Å²) in [7, 11) is 0. The molecule has 4 N–H and O–H groups in total. The fourth-order valence-electron chi connectivity index (χ4n) is 1.94. The lowest BCUT2D eigenvalue weighted by atomic mass is 10.1. The Balaban J connectivity index is 2.07. The smallest absolute Gasteiger partial charge is 0.265 e. The molecule has 0 aliphatic heterocycles. The number of nitrogens with zero attached hydrogens (tertiary/aromatic N) is 1. The van der Waals surface area contributed by atoms with Gasteiger partial charge in [0.25, 0.3) is 5.91 Å². The molecule has 0 saturated heterocycles. The zero-order chi connectivity index (χ0) is 15.4. The number of hydrogen-bond donors (Lipinski definition) is 3. The number of anilines is 1. The van der Waals surface area contributed by atoms with Gasteiger partial charge in [0.2, 0.25) is 5.91 Å². The number of nitrogens with one attached hydrogen (secondary N) is 2. The minimum atomic E-state index is -0.515. The van der Waals surface area contributed by atoms with Gasteiger partial charge in [-0.2, -0.15) is 0 Å². The first-order chi connectivity index (χ1) is 10.0. The molecule has 21 heavy (non-hydrogen) atoms. The molecule has 0 fully saturated rings. The van der Waals surface area contributed by atoms with Crippen molar-refractivity contribution in [1.82, 2.24) is 9.97 Å². The lowest BCUT2D eigenvalue weighted by molar-refractivity contribution is -0.119. The predicted molar refractivity (Wildman–Crippen MR) is 83.1 cm³/mol. The molecule has 2 aromatic rings. The first-order valence-electron chi connectivity index (χ1n) is 6.76. The van der Waals surface area contributed by atoms with E-state index in [2.05, 4.69) is 15.3 Å². The summed E-state index contributed by atoms with van der Waals surface area (Å²) in [6, 6.07) is 1.64. The number of rotatable bonds is 6. The zero-order valence-corrected chi connectivity index (χ0v) is 12.8. The highest BCUT2D eigenvalue weighted by Gasteiger charge is 2.14. The summed E-state index contributed by atoms with van der Waals surface area (Å²) in [5, 5.41) is 5.20. The van der Waals surface area contributed by atoms with Crippen molar-refractivity contribution in [3.63, 3.8) is 0 Å². The summed E-state index contributed by atoms with van der Waals surface area (Å²) in [5.74, 6) is -0.570. The highest BCUT2D eigenvalue weighted by atomic mass is 32.1. The maximum atomic E-state index is 11.9. The lowest BCUT2D eigenvalue weighted by Gasteiger charge is -2.08. The van der Waals surface area contributed by atoms with E-state index in [9.17, 15) is 9.59 Å². The molecule has 2 heterocycles. The largest absolute Gasteiger partial charge is 0.364 e. The van der Waals surface area contributed by atoms with Crippen LogP contribution >= 0.6 is 11.3 Å². The maximum Gasteiger partial charge on any atom is 0.265 e. The van der Waals surface area contributed by atoms with Gasteiger partial charge < -0.3 is 16.0 Å². The highest BCUT2D eigenvalue weighted by molar-refractivity contribution is 7.14. The van der Waals surface area contributed by atoms with Gasteiger partial charge in [0, 0.05) is 23.1 Å². The van der Waals surface area contributed by atoms with Gasteiger partial charge in [-0.1, -0.05) is 20.3 Å². The Kier molecular flexibility index (Phi) is 4.74. The van der Waals surface area contributed by atoms with Gasteiger partial charge >= 0.3 is 0 Å². The number of hydrogen-bond acceptors (Lipinski definition) is 4. The molecule has 1 unspecified atom stereocenters. The summed E-state index contributed by atoms with van der Waals surface area (Å²) < 4.78 is 0. The average Bonchev–Trinajstić information content (AvgIpc) is 3.06. The third-order valence-electron chi connectivity index (χ3n) is 3.15. The zero-order valence-electron chi connectivity index (χ0n) is 12.0. The Labute approximate surface area is 126 Å². The first kappa shape index (κ1) is 15.2. The molecule has 2 rings (SSSR count). The fourth-order valence-corrected chi connectivity index (χ4v) is 2.66. The topological polar surface area (TPSA) is 101 Å². The van der Waals surface area contributed by atoms with Crippen molar-refractivity contribution in [1.29, 1.82) is 0 Å². The summed E-state index contributed by atoms with van der Waals surface area (Å²) in [5.41, 5.74) is 6.99. The maximum absolute atomic E-state index is 11.9. The van der Waals surface area contributed by atoms with Crippen molar-refractivity contribution >= 4 is 28.3 Å². The monoisotopic (exact) mass is 306 g/mol. The average molecular weight is 306 g/mol. The van der Waals surface area contributed by atoms with Crippen LogP contribution in [0.4, 0.5) is 5.13 Å². The van der Waals surface area contributed by atoms with E-state index in [0.29, 0.717) is 16.5 Å². The Morgan fingerprint density at radius 1 is 1.52 bits per heavy atom. The van der Waals surface area contributed by atoms with E-state index < -0.39 is 5.91 Å². The lowest BCUT2D eigenvalue weighted by Crippen LogP contribution is -2.20. The van der Waals surface area contributed by atoms with Gasteiger partial charge in [-0.15, -0.1) is 11.3 Å². The summed E-state index contributed by atoms with van der Waals surface area (Å²) >= 11 is 1.35. The Bertz CT molecular complexity index is 647. The van der Waals surface area contributed by atoms with E-state index in [1.807, 2.05) is 19.2 Å². The second-order valence-electron chi connectivity index (χ2n) is 4.88. The van der Waals surface area contributed by atoms with Crippen LogP contribution in [0.15, 0.2) is 17.6 Å². The SMILES string of the molecule is CCCC(C)C(=O)Nc1nc(-c2c[nH]c(C(N)=O)c2)cs1. The van der Waals surface area contributed by atoms with E-state index in [1.165, 1.54) is 11.3 Å². The van der Waals surface area contributed by atoms with Crippen molar-refractivity contribution in [2.45, 2.75) is 26.7 Å². The number of aromatic nitrogens is 2. The number of primary amides is 1. The standard InChI is InChI=1S/C14H18N4O2S/c1-3-4-8(2)13(20)18-14-17-11(7-21-14)9-5-10(12(15)19)16-6-9/h5-8,16H,3-4H2,1-2H3,(H2,15,19)(H,17,18,20). The second kappa shape index (κ2) is 6.53. The molecule has 2 aromatic heterocycles. The van der Waals surface area contributed by atoms with Crippen LogP contribution in [0.5, 0.6) is 0 Å². The number of amides is 2. The molecule has 1 atom stereocenters. The molecular weight excluding hydrogens is 288 g/mol. The van der Waals surface area contributed by atoms with E-state index in [4.69, 9.17) is 5.73 Å². The van der Waals surface area contributed by atoms with Gasteiger partial charge in [0.05, 0.1) is 5.69 Å². The van der Waals surface area contributed by atoms with Crippen LogP contribution in [0.25, 0.3) is 11.3 Å². The number of H-pyrrole nitrogens is 1. The van der Waals surface area contributed by atoms with Crippen LogP contribution in [0.3, 0.4) is 0 Å². The molecule has 0 radical (unpaired) electrons. The Hall–Kier alpha value is -2.15. The number of aromatic amines is 1. The van der Waals surface area contributed by atoms with Crippen molar-refractivity contribution < 1.29 is 9.59 Å². The molecular formula is C14H18N4O2S. The second-order valence-corrected chi connectivity index (χ2v) is 5.74. The van der Waals surface area contributed by atoms with Gasteiger partial charge in [-0.25, -0.2) is 4.98 Å². The van der Waals surface area contributed by atoms with Gasteiger partial charge in [0.1, 0.15) is 5.69 Å².